The minimum atomic E-state index is -4.22. The van der Waals surface area contributed by atoms with Crippen LogP contribution in [0.25, 0.3) is 21.9 Å². The fraction of sp³-hybridized carbons (Fsp3) is 0.267. The van der Waals surface area contributed by atoms with Gasteiger partial charge in [0, 0.05) is 11.8 Å². The number of nitrogens with one attached hydrogen (secondary N) is 1. The second-order valence-corrected chi connectivity index (χ2v) is 12.0. The maximum absolute atomic E-state index is 14.2. The number of imidazole rings is 1. The quantitative estimate of drug-likeness (QED) is 0.143. The van der Waals surface area contributed by atoms with E-state index < -0.39 is 38.2 Å². The highest BCUT2D eigenvalue weighted by molar-refractivity contribution is 7.52. The lowest BCUT2D eigenvalue weighted by Crippen LogP contribution is -2.35. The van der Waals surface area contributed by atoms with Crippen LogP contribution in [0.1, 0.15) is 25.1 Å². The highest BCUT2D eigenvalue weighted by atomic mass is 31.2. The molecule has 5 aromatic rings. The number of carbonyl (C=O) groups excluding carboxylic acids is 1. The zero-order valence-electron chi connectivity index (χ0n) is 23.7. The van der Waals surface area contributed by atoms with E-state index in [9.17, 15) is 14.5 Å². The standard InChI is InChI=1S/C30H31N6O7P/c1-19(30(38)40-15-20-8-3-2-4-9-20)35-44(39,43-25-13-7-11-21-10-5-6-12-23(21)25)41-16-22-14-24(37)29(42-22)36-18-34-26-27(31)32-17-33-28(26)36/h2-13,17-19,22,24,29,37H,14-16H2,1H3,(H,35,39)(H2,31,32,33)/t19?,22-,24+,29+,44?/m0/s1. The summed E-state index contributed by atoms with van der Waals surface area (Å²) in [6.45, 7) is 1.34. The van der Waals surface area contributed by atoms with E-state index in [2.05, 4.69) is 20.0 Å². The van der Waals surface area contributed by atoms with E-state index in [4.69, 9.17) is 24.3 Å². The van der Waals surface area contributed by atoms with Crippen molar-refractivity contribution in [3.8, 4) is 5.75 Å². The summed E-state index contributed by atoms with van der Waals surface area (Å²) in [7, 11) is -4.22. The molecule has 1 aliphatic rings. The molecule has 0 saturated carbocycles. The molecule has 1 aliphatic heterocycles. The summed E-state index contributed by atoms with van der Waals surface area (Å²) >= 11 is 0. The fourth-order valence-electron chi connectivity index (χ4n) is 4.96. The van der Waals surface area contributed by atoms with Crippen molar-refractivity contribution in [3.05, 3.63) is 91.0 Å². The monoisotopic (exact) mass is 618 g/mol. The Morgan fingerprint density at radius 2 is 1.89 bits per heavy atom. The van der Waals surface area contributed by atoms with Crippen LogP contribution in [-0.4, -0.2) is 55.5 Å². The zero-order chi connectivity index (χ0) is 30.7. The smallest absolute Gasteiger partial charge is 0.459 e. The van der Waals surface area contributed by atoms with E-state index in [-0.39, 0.29) is 25.5 Å². The Kier molecular flexibility index (Phi) is 8.56. The molecule has 0 spiro atoms. The molecule has 4 N–H and O–H groups in total. The number of aliphatic hydroxyl groups excluding tert-OH is 1. The van der Waals surface area contributed by atoms with E-state index in [0.29, 0.717) is 22.3 Å². The maximum atomic E-state index is 14.2. The van der Waals surface area contributed by atoms with Crippen LogP contribution in [0.2, 0.25) is 0 Å². The third-order valence-electron chi connectivity index (χ3n) is 7.15. The molecule has 2 unspecified atom stereocenters. The van der Waals surface area contributed by atoms with Crippen LogP contribution in [-0.2, 0) is 30.0 Å². The van der Waals surface area contributed by atoms with Gasteiger partial charge in [0.2, 0.25) is 0 Å². The van der Waals surface area contributed by atoms with E-state index in [1.54, 1.807) is 16.7 Å². The van der Waals surface area contributed by atoms with Crippen LogP contribution in [0.3, 0.4) is 0 Å². The number of aromatic nitrogens is 4. The Hall–Kier alpha value is -4.39. The first kappa shape index (κ1) is 29.7. The second kappa shape index (κ2) is 12.7. The van der Waals surface area contributed by atoms with Crippen LogP contribution in [0.4, 0.5) is 5.82 Å². The number of ether oxygens (including phenoxy) is 2. The van der Waals surface area contributed by atoms with Gasteiger partial charge in [-0.15, -0.1) is 0 Å². The number of hydrogen-bond donors (Lipinski definition) is 3. The van der Waals surface area contributed by atoms with Gasteiger partial charge in [0.1, 0.15) is 36.3 Å². The van der Waals surface area contributed by atoms with E-state index in [0.717, 1.165) is 10.9 Å². The molecule has 14 heteroatoms. The third kappa shape index (κ3) is 6.42. The summed E-state index contributed by atoms with van der Waals surface area (Å²) in [5, 5.41) is 15.1. The number of nitrogens with zero attached hydrogens (tertiary/aromatic N) is 4. The van der Waals surface area contributed by atoms with Gasteiger partial charge in [-0.2, -0.15) is 5.09 Å². The highest BCUT2D eigenvalue weighted by Crippen LogP contribution is 2.47. The number of nitrogens with two attached hydrogens (primary N) is 1. The molecule has 228 valence electrons. The molecule has 0 amide bonds. The average molecular weight is 619 g/mol. The average Bonchev–Trinajstić information content (AvgIpc) is 3.63. The molecule has 13 nitrogen and oxygen atoms in total. The molecule has 3 aromatic carbocycles. The Morgan fingerprint density at radius 3 is 2.73 bits per heavy atom. The third-order valence-corrected chi connectivity index (χ3v) is 8.78. The fourth-order valence-corrected chi connectivity index (χ4v) is 6.50. The summed E-state index contributed by atoms with van der Waals surface area (Å²) in [4.78, 5) is 25.3. The molecular weight excluding hydrogens is 587 g/mol. The van der Waals surface area contributed by atoms with Gasteiger partial charge in [-0.1, -0.05) is 66.7 Å². The number of anilines is 1. The number of fused-ring (bicyclic) bond motifs is 2. The van der Waals surface area contributed by atoms with Crippen LogP contribution in [0.5, 0.6) is 5.75 Å². The summed E-state index contributed by atoms with van der Waals surface area (Å²) in [6, 6.07) is 21.0. The number of aliphatic hydroxyl groups is 1. The van der Waals surface area contributed by atoms with Crippen LogP contribution < -0.4 is 15.3 Å². The van der Waals surface area contributed by atoms with Crippen LogP contribution >= 0.6 is 7.75 Å². The first-order chi connectivity index (χ1) is 21.3. The predicted octanol–water partition coefficient (Wildman–Crippen LogP) is 4.14. The number of hydrogen-bond acceptors (Lipinski definition) is 11. The molecule has 0 radical (unpaired) electrons. The number of carbonyl (C=O) groups is 1. The Balaban J connectivity index is 1.18. The Morgan fingerprint density at radius 1 is 1.11 bits per heavy atom. The van der Waals surface area contributed by atoms with Crippen molar-refractivity contribution in [2.24, 2.45) is 0 Å². The number of benzene rings is 3. The van der Waals surface area contributed by atoms with Gasteiger partial charge in [0.15, 0.2) is 17.7 Å². The Labute approximate surface area is 252 Å². The largest absolute Gasteiger partial charge is 0.460 e. The SMILES string of the molecule is CC(NP(=O)(OC[C@@H]1C[C@@H](O)[C@H](n2cnc3c(N)ncnc32)O1)Oc1cccc2ccccc12)C(=O)OCc1ccccc1. The first-order valence-corrected chi connectivity index (χ1v) is 15.5. The van der Waals surface area contributed by atoms with Crippen molar-refractivity contribution in [2.75, 3.05) is 12.3 Å². The second-order valence-electron chi connectivity index (χ2n) is 10.3. The van der Waals surface area contributed by atoms with Crippen molar-refractivity contribution >= 4 is 41.5 Å². The van der Waals surface area contributed by atoms with E-state index in [1.165, 1.54) is 19.6 Å². The van der Waals surface area contributed by atoms with Gasteiger partial charge < -0.3 is 24.8 Å². The molecule has 3 heterocycles. The van der Waals surface area contributed by atoms with Crippen molar-refractivity contribution in [3.63, 3.8) is 0 Å². The van der Waals surface area contributed by atoms with Gasteiger partial charge in [-0.25, -0.2) is 19.5 Å². The lowest BCUT2D eigenvalue weighted by molar-refractivity contribution is -0.146. The van der Waals surface area contributed by atoms with Crippen molar-refractivity contribution in [1.29, 1.82) is 0 Å². The molecule has 6 rings (SSSR count). The highest BCUT2D eigenvalue weighted by Gasteiger charge is 2.39. The van der Waals surface area contributed by atoms with Crippen LogP contribution in [0.15, 0.2) is 85.5 Å². The van der Waals surface area contributed by atoms with Gasteiger partial charge in [0.05, 0.1) is 19.0 Å². The van der Waals surface area contributed by atoms with Crippen molar-refractivity contribution < 1.29 is 33.0 Å². The minimum absolute atomic E-state index is 0.0513. The first-order valence-electron chi connectivity index (χ1n) is 14.0. The molecule has 1 saturated heterocycles. The van der Waals surface area contributed by atoms with Crippen molar-refractivity contribution in [2.45, 2.75) is 44.4 Å². The molecule has 44 heavy (non-hydrogen) atoms. The topological polar surface area (TPSA) is 173 Å². The van der Waals surface area contributed by atoms with E-state index >= 15 is 0 Å². The zero-order valence-corrected chi connectivity index (χ0v) is 24.6. The number of rotatable bonds is 11. The number of nitrogen functional groups attached to an aromatic ring is 1. The lowest BCUT2D eigenvalue weighted by atomic mass is 10.1. The Bertz CT molecular complexity index is 1810. The molecule has 2 aromatic heterocycles. The summed E-state index contributed by atoms with van der Waals surface area (Å²) < 4.78 is 39.2. The number of esters is 1. The normalized spacial score (nSPS) is 20.4. The van der Waals surface area contributed by atoms with Gasteiger partial charge >= 0.3 is 13.7 Å². The summed E-state index contributed by atoms with van der Waals surface area (Å²) in [5.41, 5.74) is 7.49. The van der Waals surface area contributed by atoms with Crippen LogP contribution in [0, 0.1) is 0 Å². The molecule has 5 atom stereocenters. The van der Waals surface area contributed by atoms with E-state index in [1.807, 2.05) is 60.7 Å². The predicted molar refractivity (Wildman–Crippen MR) is 161 cm³/mol. The summed E-state index contributed by atoms with van der Waals surface area (Å²) in [5.74, 6) is -0.133. The van der Waals surface area contributed by atoms with Gasteiger partial charge in [0.25, 0.3) is 0 Å². The van der Waals surface area contributed by atoms with Gasteiger partial charge in [-0.05, 0) is 23.9 Å². The maximum Gasteiger partial charge on any atom is 0.459 e. The molecule has 0 aliphatic carbocycles. The van der Waals surface area contributed by atoms with Gasteiger partial charge in [-0.3, -0.25) is 13.9 Å². The van der Waals surface area contributed by atoms with Crippen molar-refractivity contribution in [1.82, 2.24) is 24.6 Å². The molecule has 1 fully saturated rings. The summed E-state index contributed by atoms with van der Waals surface area (Å²) in [6.07, 6.45) is 0.449. The molecule has 0 bridgehead atoms. The molecular formula is C30H31N6O7P. The lowest BCUT2D eigenvalue weighted by Gasteiger charge is -2.24. The minimum Gasteiger partial charge on any atom is -0.460 e.